The van der Waals surface area contributed by atoms with E-state index in [-0.39, 0.29) is 0 Å². The maximum absolute atomic E-state index is 11.4. The normalized spacial score (nSPS) is 24.9. The molecular formula is C21H27NO. The highest BCUT2D eigenvalue weighted by atomic mass is 16.3. The lowest BCUT2D eigenvalue weighted by molar-refractivity contribution is 0.0738. The van der Waals surface area contributed by atoms with E-state index in [1.807, 2.05) is 12.1 Å². The molecule has 1 N–H and O–H groups in total. The number of allylic oxidation sites excluding steroid dienone is 5. The molecule has 0 amide bonds. The summed E-state index contributed by atoms with van der Waals surface area (Å²) >= 11 is 0. The van der Waals surface area contributed by atoms with E-state index in [1.54, 1.807) is 0 Å². The van der Waals surface area contributed by atoms with Gasteiger partial charge in [-0.15, -0.1) is 0 Å². The molecule has 122 valence electrons. The monoisotopic (exact) mass is 309 g/mol. The Morgan fingerprint density at radius 1 is 1.17 bits per heavy atom. The minimum atomic E-state index is -0.865. The van der Waals surface area contributed by atoms with E-state index in [0.717, 1.165) is 44.2 Å². The highest BCUT2D eigenvalue weighted by Crippen LogP contribution is 2.36. The van der Waals surface area contributed by atoms with Crippen LogP contribution in [-0.2, 0) is 12.0 Å². The molecule has 1 unspecified atom stereocenters. The van der Waals surface area contributed by atoms with Crippen molar-refractivity contribution in [3.8, 4) is 0 Å². The average Bonchev–Trinajstić information content (AvgIpc) is 2.53. The summed E-state index contributed by atoms with van der Waals surface area (Å²) in [6.45, 7) is 0.992. The molecule has 2 heteroatoms. The Kier molecular flexibility index (Phi) is 4.84. The summed E-state index contributed by atoms with van der Waals surface area (Å²) in [5.74, 6) is 0. The second kappa shape index (κ2) is 6.86. The van der Waals surface area contributed by atoms with Gasteiger partial charge in [-0.2, -0.15) is 0 Å². The summed E-state index contributed by atoms with van der Waals surface area (Å²) in [6.07, 6.45) is 13.5. The maximum Gasteiger partial charge on any atom is 0.108 e. The fourth-order valence-electron chi connectivity index (χ4n) is 3.62. The van der Waals surface area contributed by atoms with Crippen LogP contribution in [-0.4, -0.2) is 30.6 Å². The first-order valence-corrected chi connectivity index (χ1v) is 8.62. The number of fused-ring (bicyclic) bond motifs is 1. The molecule has 0 fully saturated rings. The van der Waals surface area contributed by atoms with Crippen molar-refractivity contribution in [2.75, 3.05) is 20.6 Å². The quantitative estimate of drug-likeness (QED) is 0.909. The van der Waals surface area contributed by atoms with Gasteiger partial charge in [-0.25, -0.2) is 0 Å². The first kappa shape index (κ1) is 16.2. The van der Waals surface area contributed by atoms with Crippen LogP contribution in [0.25, 0.3) is 0 Å². The number of benzene rings is 1. The SMILES string of the molecule is CN(C)CCCC1(O)/C=C\C2=C(CCC=C2)Cc2ccccc21. The number of hydrogen-bond acceptors (Lipinski definition) is 2. The Hall–Kier alpha value is -1.64. The lowest BCUT2D eigenvalue weighted by Gasteiger charge is -2.31. The molecule has 2 nitrogen and oxygen atoms in total. The standard InChI is InChI=1S/C21H27NO/c1-22(2)15-7-13-21(23)14-12-17-8-3-4-9-18(17)16-19-10-5-6-11-20(19)21/h3,5-6,8,10-12,14,23H,4,7,9,13,15-16H2,1-2H3/b14-12-. The van der Waals surface area contributed by atoms with Crippen molar-refractivity contribution in [3.63, 3.8) is 0 Å². The molecule has 1 atom stereocenters. The van der Waals surface area contributed by atoms with Crippen LogP contribution in [0.1, 0.15) is 36.8 Å². The van der Waals surface area contributed by atoms with Crippen LogP contribution < -0.4 is 0 Å². The number of rotatable bonds is 4. The van der Waals surface area contributed by atoms with Crippen molar-refractivity contribution in [1.29, 1.82) is 0 Å². The van der Waals surface area contributed by atoms with Crippen LogP contribution in [0.3, 0.4) is 0 Å². The second-order valence-corrected chi connectivity index (χ2v) is 7.00. The van der Waals surface area contributed by atoms with Crippen molar-refractivity contribution in [1.82, 2.24) is 4.90 Å². The van der Waals surface area contributed by atoms with Gasteiger partial charge in [0.05, 0.1) is 0 Å². The van der Waals surface area contributed by atoms with Gasteiger partial charge in [0.15, 0.2) is 0 Å². The van der Waals surface area contributed by atoms with Crippen LogP contribution in [0.15, 0.2) is 59.7 Å². The molecule has 2 aliphatic rings. The number of nitrogens with zero attached hydrogens (tertiary/aromatic N) is 1. The Balaban J connectivity index is 1.97. The zero-order valence-electron chi connectivity index (χ0n) is 14.3. The van der Waals surface area contributed by atoms with Crippen molar-refractivity contribution >= 4 is 0 Å². The Morgan fingerprint density at radius 2 is 2.00 bits per heavy atom. The molecule has 2 aliphatic carbocycles. The van der Waals surface area contributed by atoms with Crippen LogP contribution in [0, 0.1) is 0 Å². The van der Waals surface area contributed by atoms with E-state index in [0.29, 0.717) is 0 Å². The molecule has 23 heavy (non-hydrogen) atoms. The van der Waals surface area contributed by atoms with Gasteiger partial charge in [-0.05, 0) is 75.5 Å². The Bertz CT molecular complexity index is 654. The minimum absolute atomic E-state index is 0.755. The van der Waals surface area contributed by atoms with Gasteiger partial charge < -0.3 is 10.0 Å². The predicted octanol–water partition coefficient (Wildman–Crippen LogP) is 3.97. The fraction of sp³-hybridized carbons (Fsp3) is 0.429. The topological polar surface area (TPSA) is 23.5 Å². The maximum atomic E-state index is 11.4. The zero-order chi connectivity index (χ0) is 16.3. The van der Waals surface area contributed by atoms with E-state index >= 15 is 0 Å². The van der Waals surface area contributed by atoms with Crippen LogP contribution in [0.5, 0.6) is 0 Å². The summed E-state index contributed by atoms with van der Waals surface area (Å²) in [5.41, 5.74) is 4.27. The summed E-state index contributed by atoms with van der Waals surface area (Å²) in [4.78, 5) is 2.17. The van der Waals surface area contributed by atoms with Crippen LogP contribution in [0.4, 0.5) is 0 Å². The van der Waals surface area contributed by atoms with E-state index in [9.17, 15) is 5.11 Å². The van der Waals surface area contributed by atoms with Crippen molar-refractivity contribution < 1.29 is 5.11 Å². The number of hydrogen-bond donors (Lipinski definition) is 1. The molecule has 0 radical (unpaired) electrons. The highest BCUT2D eigenvalue weighted by molar-refractivity contribution is 5.47. The predicted molar refractivity (Wildman–Crippen MR) is 96.4 cm³/mol. The summed E-state index contributed by atoms with van der Waals surface area (Å²) < 4.78 is 0. The van der Waals surface area contributed by atoms with Gasteiger partial charge in [-0.1, -0.05) is 48.1 Å². The first-order chi connectivity index (χ1) is 11.1. The lowest BCUT2D eigenvalue weighted by atomic mass is 9.79. The largest absolute Gasteiger partial charge is 0.381 e. The molecule has 0 aromatic heterocycles. The van der Waals surface area contributed by atoms with Crippen molar-refractivity contribution in [2.45, 2.75) is 37.7 Å². The molecule has 0 saturated heterocycles. The molecule has 0 saturated carbocycles. The van der Waals surface area contributed by atoms with Crippen LogP contribution >= 0.6 is 0 Å². The molecule has 1 aromatic rings. The van der Waals surface area contributed by atoms with Gasteiger partial charge in [0, 0.05) is 0 Å². The molecule has 0 bridgehead atoms. The highest BCUT2D eigenvalue weighted by Gasteiger charge is 2.30. The minimum Gasteiger partial charge on any atom is -0.381 e. The summed E-state index contributed by atoms with van der Waals surface area (Å²) in [7, 11) is 4.16. The van der Waals surface area contributed by atoms with Gasteiger partial charge in [0.2, 0.25) is 0 Å². The molecule has 3 rings (SSSR count). The van der Waals surface area contributed by atoms with E-state index in [4.69, 9.17) is 0 Å². The van der Waals surface area contributed by atoms with Gasteiger partial charge in [0.1, 0.15) is 5.60 Å². The lowest BCUT2D eigenvalue weighted by Crippen LogP contribution is -2.27. The molecule has 0 heterocycles. The Labute approximate surface area is 139 Å². The average molecular weight is 309 g/mol. The van der Waals surface area contributed by atoms with Crippen molar-refractivity contribution in [3.05, 3.63) is 70.8 Å². The fourth-order valence-corrected chi connectivity index (χ4v) is 3.62. The summed E-state index contributed by atoms with van der Waals surface area (Å²) in [5, 5.41) is 11.4. The van der Waals surface area contributed by atoms with Crippen molar-refractivity contribution in [2.24, 2.45) is 0 Å². The van der Waals surface area contributed by atoms with E-state index in [1.165, 1.54) is 16.7 Å². The molecule has 1 aromatic carbocycles. The van der Waals surface area contributed by atoms with E-state index < -0.39 is 5.60 Å². The van der Waals surface area contributed by atoms with E-state index in [2.05, 4.69) is 55.4 Å². The molecule has 0 aliphatic heterocycles. The number of aliphatic hydroxyl groups is 1. The van der Waals surface area contributed by atoms with Gasteiger partial charge >= 0.3 is 0 Å². The molecule has 0 spiro atoms. The Morgan fingerprint density at radius 3 is 2.83 bits per heavy atom. The first-order valence-electron chi connectivity index (χ1n) is 8.62. The third-order valence-electron chi connectivity index (χ3n) is 4.91. The second-order valence-electron chi connectivity index (χ2n) is 7.00. The van der Waals surface area contributed by atoms with Crippen LogP contribution in [0.2, 0.25) is 0 Å². The third-order valence-corrected chi connectivity index (χ3v) is 4.91. The zero-order valence-corrected chi connectivity index (χ0v) is 14.3. The van der Waals surface area contributed by atoms with Gasteiger partial charge in [-0.3, -0.25) is 0 Å². The molecular weight excluding hydrogens is 282 g/mol. The third kappa shape index (κ3) is 3.65. The summed E-state index contributed by atoms with van der Waals surface area (Å²) in [6, 6.07) is 8.40. The smallest absolute Gasteiger partial charge is 0.108 e. The van der Waals surface area contributed by atoms with Gasteiger partial charge in [0.25, 0.3) is 0 Å².